The Bertz CT molecular complexity index is 627. The number of hydrogen-bond donors (Lipinski definition) is 10. The minimum Gasteiger partial charge on any atom is -0.481 e. The number of rotatable bonds is 12. The van der Waals surface area contributed by atoms with Crippen LogP contribution in [0.3, 0.4) is 0 Å². The van der Waals surface area contributed by atoms with Gasteiger partial charge in [0.1, 0.15) is 0 Å². The molecule has 0 spiro atoms. The summed E-state index contributed by atoms with van der Waals surface area (Å²) in [4.78, 5) is 80.4. The predicted octanol–water partition coefficient (Wildman–Crippen LogP) is -2.24. The molecule has 0 unspecified atom stereocenters. The molecule has 0 radical (unpaired) electrons. The van der Waals surface area contributed by atoms with Crippen LogP contribution >= 0.6 is 0 Å². The Kier molecular flexibility index (Phi) is 42.1. The van der Waals surface area contributed by atoms with E-state index < -0.39 is 73.9 Å². The molecule has 20 heteroatoms. The van der Waals surface area contributed by atoms with Gasteiger partial charge in [0.15, 0.2) is 0 Å². The van der Waals surface area contributed by atoms with Crippen LogP contribution in [0.2, 0.25) is 0 Å². The third kappa shape index (κ3) is 115. The average molecular weight is 593 g/mol. The monoisotopic (exact) mass is 592 g/mol. The highest BCUT2D eigenvalue weighted by Crippen LogP contribution is 1.94. The van der Waals surface area contributed by atoms with Crippen molar-refractivity contribution in [3.05, 3.63) is 0 Å². The van der Waals surface area contributed by atoms with Crippen molar-refractivity contribution < 1.29 is 79.2 Å². The molecule has 0 aliphatic carbocycles. The Labute approximate surface area is 229 Å². The van der Waals surface area contributed by atoms with Crippen LogP contribution in [0.5, 0.6) is 0 Å². The van der Waals surface area contributed by atoms with Crippen LogP contribution in [0.15, 0.2) is 0 Å². The fraction of sp³-hybridized carbons (Fsp3) is 0.600. The fourth-order valence-corrected chi connectivity index (χ4v) is 1.48. The Hall–Kier alpha value is -4.40. The standard InChI is InChI=1S/C10H16N2O8.C2H8N2.4C2H4O2/c13-7(14)3-11(4-8(15)16)1-2-12(5-9(17)18)6-10(19)20;1-2-4-3;4*1-2(3)4/h1-6H2,(H,13,14)(H,15,16)(H,17,18)(H,19,20);4H,2-3H2,1H3;4*1H3,(H,3,4). The molecule has 0 aromatic rings. The number of carboxylic acid groups (broad SMARTS) is 8. The summed E-state index contributed by atoms with van der Waals surface area (Å²) in [6.07, 6.45) is 0. The molecule has 0 atom stereocenters. The minimum absolute atomic E-state index is 0.0703. The molecule has 236 valence electrons. The maximum absolute atomic E-state index is 10.6. The van der Waals surface area contributed by atoms with Crippen molar-refractivity contribution in [1.82, 2.24) is 15.2 Å². The first-order valence-electron chi connectivity index (χ1n) is 10.6. The van der Waals surface area contributed by atoms with Crippen molar-refractivity contribution in [1.29, 1.82) is 0 Å². The smallest absolute Gasteiger partial charge is 0.317 e. The van der Waals surface area contributed by atoms with Crippen molar-refractivity contribution in [3.8, 4) is 0 Å². The molecule has 0 saturated carbocycles. The van der Waals surface area contributed by atoms with Gasteiger partial charge in [-0.15, -0.1) is 0 Å². The highest BCUT2D eigenvalue weighted by atomic mass is 16.4. The Balaban J connectivity index is -0.000000116. The van der Waals surface area contributed by atoms with Crippen LogP contribution in [0.1, 0.15) is 34.6 Å². The zero-order valence-electron chi connectivity index (χ0n) is 22.8. The first-order valence-corrected chi connectivity index (χ1v) is 10.6. The van der Waals surface area contributed by atoms with Gasteiger partial charge in [0.25, 0.3) is 23.9 Å². The number of carboxylic acids is 8. The zero-order chi connectivity index (χ0) is 33.4. The molecule has 0 fully saturated rings. The van der Waals surface area contributed by atoms with Crippen LogP contribution in [0.4, 0.5) is 0 Å². The van der Waals surface area contributed by atoms with Gasteiger partial charge in [-0.25, -0.2) is 0 Å². The van der Waals surface area contributed by atoms with Crippen LogP contribution in [0.25, 0.3) is 0 Å². The van der Waals surface area contributed by atoms with E-state index in [0.717, 1.165) is 44.0 Å². The number of nitrogens with zero attached hydrogens (tertiary/aromatic N) is 2. The van der Waals surface area contributed by atoms with Gasteiger partial charge in [0.05, 0.1) is 26.2 Å². The Morgan fingerprint density at radius 3 is 0.700 bits per heavy atom. The van der Waals surface area contributed by atoms with E-state index in [1.165, 1.54) is 0 Å². The summed E-state index contributed by atoms with van der Waals surface area (Å²) in [6, 6.07) is 0. The third-order valence-electron chi connectivity index (χ3n) is 2.37. The average Bonchev–Trinajstić information content (AvgIpc) is 2.68. The molecule has 0 aromatic carbocycles. The van der Waals surface area contributed by atoms with E-state index in [-0.39, 0.29) is 13.1 Å². The molecule has 0 rings (SSSR count). The minimum atomic E-state index is -1.23. The third-order valence-corrected chi connectivity index (χ3v) is 2.37. The van der Waals surface area contributed by atoms with Crippen LogP contribution < -0.4 is 11.3 Å². The summed E-state index contributed by atoms with van der Waals surface area (Å²) in [7, 11) is 0. The van der Waals surface area contributed by atoms with Gasteiger partial charge in [-0.2, -0.15) is 0 Å². The van der Waals surface area contributed by atoms with Crippen molar-refractivity contribution in [2.24, 2.45) is 5.84 Å². The van der Waals surface area contributed by atoms with Crippen molar-refractivity contribution in [2.45, 2.75) is 34.6 Å². The molecule has 0 amide bonds. The van der Waals surface area contributed by atoms with Crippen LogP contribution in [-0.2, 0) is 38.4 Å². The van der Waals surface area contributed by atoms with E-state index in [4.69, 9.17) is 65.9 Å². The van der Waals surface area contributed by atoms with Gasteiger partial charge < -0.3 is 40.9 Å². The number of nitrogens with one attached hydrogen (secondary N) is 1. The second-order valence-electron chi connectivity index (χ2n) is 6.63. The molecule has 0 aliphatic rings. The number of carbonyl (C=O) groups is 8. The highest BCUT2D eigenvalue weighted by molar-refractivity contribution is 5.73. The molecule has 40 heavy (non-hydrogen) atoms. The van der Waals surface area contributed by atoms with E-state index in [2.05, 4.69) is 5.43 Å². The Morgan fingerprint density at radius 2 is 0.625 bits per heavy atom. The molecule has 20 nitrogen and oxygen atoms in total. The fourth-order valence-electron chi connectivity index (χ4n) is 1.48. The second kappa shape index (κ2) is 34.6. The lowest BCUT2D eigenvalue weighted by Gasteiger charge is -2.23. The van der Waals surface area contributed by atoms with E-state index in [0.29, 0.717) is 0 Å². The summed E-state index contributed by atoms with van der Waals surface area (Å²) in [5, 5.41) is 64.1. The molecule has 0 aromatic heterocycles. The first kappa shape index (κ1) is 48.6. The number of hydrazine groups is 1. The van der Waals surface area contributed by atoms with Crippen molar-refractivity contribution in [2.75, 3.05) is 45.8 Å². The molecule has 0 bridgehead atoms. The molecule has 0 saturated heterocycles. The zero-order valence-corrected chi connectivity index (χ0v) is 22.8. The van der Waals surface area contributed by atoms with Crippen molar-refractivity contribution >= 4 is 47.8 Å². The predicted molar refractivity (Wildman–Crippen MR) is 135 cm³/mol. The molecule has 11 N–H and O–H groups in total. The summed E-state index contributed by atoms with van der Waals surface area (Å²) in [5.74, 6) is -3.47. The van der Waals surface area contributed by atoms with Gasteiger partial charge in [-0.1, -0.05) is 6.92 Å². The van der Waals surface area contributed by atoms with E-state index in [1.54, 1.807) is 0 Å². The maximum Gasteiger partial charge on any atom is 0.317 e. The van der Waals surface area contributed by atoms with Gasteiger partial charge >= 0.3 is 23.9 Å². The Morgan fingerprint density at radius 1 is 0.500 bits per heavy atom. The van der Waals surface area contributed by atoms with Gasteiger partial charge in [-0.3, -0.25) is 59.4 Å². The largest absolute Gasteiger partial charge is 0.481 e. The van der Waals surface area contributed by atoms with E-state index >= 15 is 0 Å². The second-order valence-corrected chi connectivity index (χ2v) is 6.63. The first-order chi connectivity index (χ1) is 18.0. The summed E-state index contributed by atoms with van der Waals surface area (Å²) < 4.78 is 0. The van der Waals surface area contributed by atoms with Crippen LogP contribution in [-0.4, -0.2) is 144 Å². The summed E-state index contributed by atoms with van der Waals surface area (Å²) in [6.45, 7) is 4.87. The lowest BCUT2D eigenvalue weighted by Crippen LogP contribution is -2.43. The quantitative estimate of drug-likeness (QED) is 0.0845. The summed E-state index contributed by atoms with van der Waals surface area (Å²) >= 11 is 0. The van der Waals surface area contributed by atoms with Gasteiger partial charge in [-0.05, 0) is 0 Å². The van der Waals surface area contributed by atoms with Gasteiger partial charge in [0, 0.05) is 47.3 Å². The van der Waals surface area contributed by atoms with E-state index in [1.807, 2.05) is 6.92 Å². The SMILES string of the molecule is CC(=O)O.CC(=O)O.CC(=O)O.CC(=O)O.CCNN.O=C(O)CN(CCN(CC(=O)O)CC(=O)O)CC(=O)O. The molecular weight excluding hydrogens is 552 g/mol. The highest BCUT2D eigenvalue weighted by Gasteiger charge is 2.18. The summed E-state index contributed by atoms with van der Waals surface area (Å²) in [5.41, 5.74) is 2.43. The normalized spacial score (nSPS) is 8.60. The van der Waals surface area contributed by atoms with Crippen LogP contribution in [0, 0.1) is 0 Å². The van der Waals surface area contributed by atoms with E-state index in [9.17, 15) is 19.2 Å². The maximum atomic E-state index is 10.6. The molecular formula is C20H40N4O16. The molecule has 0 heterocycles. The number of hydrogen-bond acceptors (Lipinski definition) is 12. The lowest BCUT2D eigenvalue weighted by molar-refractivity contribution is -0.145. The van der Waals surface area contributed by atoms with Crippen molar-refractivity contribution in [3.63, 3.8) is 0 Å². The number of nitrogens with two attached hydrogens (primary N) is 1. The topological polar surface area (TPSA) is 343 Å². The molecule has 0 aliphatic heterocycles. The number of aliphatic carboxylic acids is 8. The lowest BCUT2D eigenvalue weighted by atomic mass is 10.4. The van der Waals surface area contributed by atoms with Gasteiger partial charge in [0.2, 0.25) is 0 Å².